The molecule has 0 bridgehead atoms. The van der Waals surface area contributed by atoms with Crippen molar-refractivity contribution in [3.63, 3.8) is 0 Å². The second-order valence-corrected chi connectivity index (χ2v) is 6.43. The fourth-order valence-electron chi connectivity index (χ4n) is 1.70. The van der Waals surface area contributed by atoms with Crippen LogP contribution in [0.25, 0.3) is 6.08 Å². The van der Waals surface area contributed by atoms with Gasteiger partial charge in [-0.15, -0.1) is 4.33 Å². The number of carbonyl (C=O) groups excluding carboxylic acids is 3. The highest BCUT2D eigenvalue weighted by Crippen LogP contribution is 2.26. The number of amides is 4. The first-order chi connectivity index (χ1) is 11.2. The lowest BCUT2D eigenvalue weighted by Crippen LogP contribution is -2.51. The lowest BCUT2D eigenvalue weighted by atomic mass is 10.1. The van der Waals surface area contributed by atoms with Gasteiger partial charge in [-0.3, -0.25) is 24.8 Å². The van der Waals surface area contributed by atoms with Crippen molar-refractivity contribution < 1.29 is 42.0 Å². The highest BCUT2D eigenvalue weighted by molar-refractivity contribution is 7.94. The standard InChI is InChI=1S/C11H8N2O9S2/c14-9-8(10(15)13-11(16)12-9)3-5-1-6(23-22-21-17)4-7(2-5)24(18,19)20/h1-4,17H,(H,18,19,20)(H2,12,13,14,15,16). The molecule has 0 atom stereocenters. The molecule has 1 heterocycles. The summed E-state index contributed by atoms with van der Waals surface area (Å²) in [6, 6.07) is 2.25. The quantitative estimate of drug-likeness (QED) is 0.138. The number of hydrogen-bond acceptors (Lipinski definition) is 9. The van der Waals surface area contributed by atoms with Crippen LogP contribution in [0.2, 0.25) is 0 Å². The van der Waals surface area contributed by atoms with Crippen molar-refractivity contribution in [2.24, 2.45) is 0 Å². The van der Waals surface area contributed by atoms with E-state index in [2.05, 4.69) is 9.37 Å². The van der Waals surface area contributed by atoms with Crippen LogP contribution in [-0.2, 0) is 29.1 Å². The molecule has 0 aliphatic carbocycles. The van der Waals surface area contributed by atoms with Crippen molar-refractivity contribution in [3.8, 4) is 0 Å². The Morgan fingerprint density at radius 3 is 2.25 bits per heavy atom. The number of barbiturate groups is 1. The van der Waals surface area contributed by atoms with Crippen LogP contribution in [0.5, 0.6) is 0 Å². The van der Waals surface area contributed by atoms with Gasteiger partial charge in [0, 0.05) is 4.90 Å². The van der Waals surface area contributed by atoms with Gasteiger partial charge in [-0.2, -0.15) is 8.42 Å². The molecular weight excluding hydrogens is 368 g/mol. The maximum absolute atomic E-state index is 11.6. The van der Waals surface area contributed by atoms with E-state index in [1.54, 1.807) is 0 Å². The topological polar surface area (TPSA) is 168 Å². The summed E-state index contributed by atoms with van der Waals surface area (Å²) in [5.41, 5.74) is -0.443. The fourth-order valence-corrected chi connectivity index (χ4v) is 2.81. The second kappa shape index (κ2) is 7.08. The maximum Gasteiger partial charge on any atom is 0.328 e. The van der Waals surface area contributed by atoms with Gasteiger partial charge in [0.25, 0.3) is 21.9 Å². The summed E-state index contributed by atoms with van der Waals surface area (Å²) in [6.07, 6.45) is 0.996. The van der Waals surface area contributed by atoms with Crippen LogP contribution in [0.4, 0.5) is 4.79 Å². The Kier molecular flexibility index (Phi) is 5.33. The van der Waals surface area contributed by atoms with Crippen LogP contribution >= 0.6 is 12.0 Å². The Morgan fingerprint density at radius 1 is 1.08 bits per heavy atom. The molecule has 4 N–H and O–H groups in total. The largest absolute Gasteiger partial charge is 0.328 e. The average molecular weight is 376 g/mol. The minimum Gasteiger partial charge on any atom is -0.282 e. The molecule has 13 heteroatoms. The Labute approximate surface area is 138 Å². The molecule has 0 spiro atoms. The first-order valence-corrected chi connectivity index (χ1v) is 8.04. The van der Waals surface area contributed by atoms with Gasteiger partial charge in [-0.05, 0) is 29.8 Å². The lowest BCUT2D eigenvalue weighted by Gasteiger charge is -2.14. The van der Waals surface area contributed by atoms with Gasteiger partial charge in [0.1, 0.15) is 5.57 Å². The summed E-state index contributed by atoms with van der Waals surface area (Å²) in [5.74, 6) is -1.96. The summed E-state index contributed by atoms with van der Waals surface area (Å²) < 4.78 is 35.8. The Bertz CT molecular complexity index is 825. The lowest BCUT2D eigenvalue weighted by molar-refractivity contribution is -0.432. The molecule has 2 rings (SSSR count). The molecule has 0 saturated carbocycles. The summed E-state index contributed by atoms with van der Waals surface area (Å²) in [6.45, 7) is 0. The van der Waals surface area contributed by atoms with Gasteiger partial charge in [0.2, 0.25) is 0 Å². The van der Waals surface area contributed by atoms with Crippen molar-refractivity contribution in [1.29, 1.82) is 0 Å². The molecular formula is C11H8N2O9S2. The highest BCUT2D eigenvalue weighted by atomic mass is 32.2. The number of urea groups is 1. The SMILES string of the molecule is O=C1NC(=O)C(=Cc2cc(SOOO)cc(S(=O)(=O)O)c2)C(=O)N1. The molecule has 1 aliphatic rings. The molecule has 0 aromatic heterocycles. The zero-order valence-electron chi connectivity index (χ0n) is 11.4. The maximum atomic E-state index is 11.6. The molecule has 1 aromatic carbocycles. The van der Waals surface area contributed by atoms with Crippen LogP contribution in [0.1, 0.15) is 5.56 Å². The Morgan fingerprint density at radius 2 is 1.71 bits per heavy atom. The summed E-state index contributed by atoms with van der Waals surface area (Å²) in [4.78, 5) is 33.8. The summed E-state index contributed by atoms with van der Waals surface area (Å²) in [5, 5.41) is 15.2. The molecule has 1 saturated heterocycles. The highest BCUT2D eigenvalue weighted by Gasteiger charge is 2.27. The molecule has 1 aliphatic heterocycles. The summed E-state index contributed by atoms with van der Waals surface area (Å²) >= 11 is 0.397. The third kappa shape index (κ3) is 4.38. The van der Waals surface area contributed by atoms with Gasteiger partial charge in [-0.1, -0.05) is 5.04 Å². The molecule has 0 unspecified atom stereocenters. The summed E-state index contributed by atoms with van der Waals surface area (Å²) in [7, 11) is -4.61. The molecule has 0 radical (unpaired) electrons. The smallest absolute Gasteiger partial charge is 0.282 e. The predicted octanol–water partition coefficient (Wildman–Crippen LogP) is 0.111. The molecule has 4 amide bonds. The number of imide groups is 2. The van der Waals surface area contributed by atoms with Crippen LogP contribution in [-0.4, -0.2) is 36.1 Å². The normalized spacial score (nSPS) is 15.1. The number of nitrogens with one attached hydrogen (secondary N) is 2. The number of carbonyl (C=O) groups is 3. The van der Waals surface area contributed by atoms with Gasteiger partial charge in [0.15, 0.2) is 0 Å². The fraction of sp³-hybridized carbons (Fsp3) is 0. The third-order valence-electron chi connectivity index (χ3n) is 2.62. The monoisotopic (exact) mass is 376 g/mol. The average Bonchev–Trinajstić information content (AvgIpc) is 2.47. The van der Waals surface area contributed by atoms with E-state index in [0.717, 1.165) is 18.2 Å². The van der Waals surface area contributed by atoms with Crippen molar-refractivity contribution in [3.05, 3.63) is 29.3 Å². The zero-order valence-corrected chi connectivity index (χ0v) is 13.0. The molecule has 128 valence electrons. The van der Waals surface area contributed by atoms with Crippen LogP contribution in [0, 0.1) is 0 Å². The number of hydrogen-bond donors (Lipinski definition) is 4. The number of rotatable bonds is 5. The molecule has 11 nitrogen and oxygen atoms in total. The van der Waals surface area contributed by atoms with E-state index in [9.17, 15) is 22.8 Å². The first-order valence-electron chi connectivity index (χ1n) is 5.86. The van der Waals surface area contributed by atoms with E-state index in [1.165, 1.54) is 6.07 Å². The van der Waals surface area contributed by atoms with Crippen LogP contribution < -0.4 is 10.6 Å². The van der Waals surface area contributed by atoms with Crippen LogP contribution in [0.15, 0.2) is 33.6 Å². The van der Waals surface area contributed by atoms with Crippen molar-refractivity contribution in [2.45, 2.75) is 9.79 Å². The van der Waals surface area contributed by atoms with Crippen molar-refractivity contribution in [2.75, 3.05) is 0 Å². The Hall–Kier alpha value is -2.29. The number of benzene rings is 1. The minimum atomic E-state index is -4.61. The van der Waals surface area contributed by atoms with Gasteiger partial charge >= 0.3 is 6.03 Å². The Balaban J connectivity index is 2.48. The van der Waals surface area contributed by atoms with E-state index in [-0.39, 0.29) is 10.5 Å². The van der Waals surface area contributed by atoms with Crippen LogP contribution in [0.3, 0.4) is 0 Å². The van der Waals surface area contributed by atoms with Crippen molar-refractivity contribution in [1.82, 2.24) is 10.6 Å². The van der Waals surface area contributed by atoms with Gasteiger partial charge in [0.05, 0.1) is 16.9 Å². The van der Waals surface area contributed by atoms with Crippen molar-refractivity contribution >= 4 is 46.1 Å². The van der Waals surface area contributed by atoms with E-state index in [0.29, 0.717) is 12.0 Å². The van der Waals surface area contributed by atoms with E-state index >= 15 is 0 Å². The zero-order chi connectivity index (χ0) is 17.9. The third-order valence-corrected chi connectivity index (χ3v) is 4.00. The minimum absolute atomic E-state index is 0.0174. The van der Waals surface area contributed by atoms with Gasteiger partial charge < -0.3 is 0 Å². The predicted molar refractivity (Wildman–Crippen MR) is 76.6 cm³/mol. The molecule has 1 fully saturated rings. The second-order valence-electron chi connectivity index (χ2n) is 4.23. The van der Waals surface area contributed by atoms with E-state index in [4.69, 9.17) is 9.81 Å². The van der Waals surface area contributed by atoms with E-state index < -0.39 is 38.4 Å². The molecule has 24 heavy (non-hydrogen) atoms. The van der Waals surface area contributed by atoms with E-state index in [1.807, 2.05) is 10.6 Å². The van der Waals surface area contributed by atoms with Gasteiger partial charge in [-0.25, -0.2) is 10.1 Å². The first kappa shape index (κ1) is 18.1. The molecule has 1 aromatic rings.